The van der Waals surface area contributed by atoms with Crippen LogP contribution in [0.25, 0.3) is 0 Å². The number of aliphatic hydroxyl groups is 1. The van der Waals surface area contributed by atoms with Crippen molar-refractivity contribution in [3.8, 4) is 0 Å². The Labute approximate surface area is 110 Å². The predicted octanol–water partition coefficient (Wildman–Crippen LogP) is 2.19. The molecule has 0 aromatic carbocycles. The minimum Gasteiger partial charge on any atom is -0.391 e. The van der Waals surface area contributed by atoms with Crippen LogP contribution in [0.1, 0.15) is 18.7 Å². The molecule has 98 valence electrons. The standard InChI is InChI=1S/C10H17NO3S3/c1-6(2)17(13,14)9-8(11-3)7(5-12)16-10(9)15-4/h6,11-12H,5H2,1-4H3. The summed E-state index contributed by atoms with van der Waals surface area (Å²) in [5, 5.41) is 11.7. The van der Waals surface area contributed by atoms with Crippen molar-refractivity contribution in [3.63, 3.8) is 0 Å². The lowest BCUT2D eigenvalue weighted by molar-refractivity contribution is 0.286. The minimum atomic E-state index is -3.34. The number of aliphatic hydroxyl groups excluding tert-OH is 1. The van der Waals surface area contributed by atoms with Gasteiger partial charge in [-0.15, -0.1) is 23.1 Å². The van der Waals surface area contributed by atoms with Crippen LogP contribution in [-0.4, -0.2) is 32.1 Å². The summed E-state index contributed by atoms with van der Waals surface area (Å²) in [6, 6.07) is 0. The van der Waals surface area contributed by atoms with Crippen LogP contribution in [0, 0.1) is 0 Å². The van der Waals surface area contributed by atoms with Crippen LogP contribution in [0.2, 0.25) is 0 Å². The van der Waals surface area contributed by atoms with Crippen LogP contribution in [0.3, 0.4) is 0 Å². The summed E-state index contributed by atoms with van der Waals surface area (Å²) in [4.78, 5) is 0.993. The van der Waals surface area contributed by atoms with E-state index in [2.05, 4.69) is 5.32 Å². The summed E-state index contributed by atoms with van der Waals surface area (Å²) >= 11 is 2.72. The molecular weight excluding hydrogens is 278 g/mol. The van der Waals surface area contributed by atoms with Gasteiger partial charge in [-0.3, -0.25) is 0 Å². The molecule has 1 aromatic heterocycles. The van der Waals surface area contributed by atoms with E-state index in [4.69, 9.17) is 0 Å². The molecule has 0 aliphatic carbocycles. The van der Waals surface area contributed by atoms with E-state index in [0.29, 0.717) is 15.5 Å². The van der Waals surface area contributed by atoms with Crippen molar-refractivity contribution >= 4 is 38.6 Å². The van der Waals surface area contributed by atoms with Gasteiger partial charge < -0.3 is 10.4 Å². The zero-order valence-corrected chi connectivity index (χ0v) is 12.7. The van der Waals surface area contributed by atoms with Gasteiger partial charge in [0, 0.05) is 7.05 Å². The normalized spacial score (nSPS) is 12.1. The molecule has 0 unspecified atom stereocenters. The lowest BCUT2D eigenvalue weighted by Gasteiger charge is -2.11. The highest BCUT2D eigenvalue weighted by Gasteiger charge is 2.29. The third kappa shape index (κ3) is 2.62. The number of sulfone groups is 1. The first-order chi connectivity index (χ1) is 7.89. The lowest BCUT2D eigenvalue weighted by atomic mass is 10.4. The Bertz CT molecular complexity index is 491. The zero-order valence-electron chi connectivity index (χ0n) is 10.3. The number of hydrogen-bond acceptors (Lipinski definition) is 6. The Balaban J connectivity index is 3.55. The maximum atomic E-state index is 12.3. The summed E-state index contributed by atoms with van der Waals surface area (Å²) in [6.45, 7) is 3.17. The van der Waals surface area contributed by atoms with E-state index in [1.165, 1.54) is 23.1 Å². The van der Waals surface area contributed by atoms with Crippen molar-refractivity contribution in [3.05, 3.63) is 4.88 Å². The molecule has 0 aliphatic rings. The Morgan fingerprint density at radius 1 is 1.47 bits per heavy atom. The molecular formula is C10H17NO3S3. The molecule has 1 rings (SSSR count). The maximum absolute atomic E-state index is 12.3. The quantitative estimate of drug-likeness (QED) is 0.815. The molecule has 1 aromatic rings. The third-order valence-corrected chi connectivity index (χ3v) is 7.16. The van der Waals surface area contributed by atoms with E-state index in [9.17, 15) is 13.5 Å². The lowest BCUT2D eigenvalue weighted by Crippen LogP contribution is -2.15. The van der Waals surface area contributed by atoms with Gasteiger partial charge in [0.1, 0.15) is 4.90 Å². The molecule has 0 fully saturated rings. The fraction of sp³-hybridized carbons (Fsp3) is 0.600. The van der Waals surface area contributed by atoms with E-state index in [0.717, 1.165) is 4.21 Å². The van der Waals surface area contributed by atoms with Gasteiger partial charge in [0.25, 0.3) is 0 Å². The van der Waals surface area contributed by atoms with Crippen molar-refractivity contribution in [1.29, 1.82) is 0 Å². The van der Waals surface area contributed by atoms with E-state index < -0.39 is 15.1 Å². The van der Waals surface area contributed by atoms with E-state index in [1.54, 1.807) is 20.9 Å². The van der Waals surface area contributed by atoms with Crippen molar-refractivity contribution < 1.29 is 13.5 Å². The van der Waals surface area contributed by atoms with Gasteiger partial charge in [-0.25, -0.2) is 8.42 Å². The summed E-state index contributed by atoms with van der Waals surface area (Å²) in [5.41, 5.74) is 0.538. The van der Waals surface area contributed by atoms with Crippen LogP contribution in [0.5, 0.6) is 0 Å². The van der Waals surface area contributed by atoms with E-state index in [1.807, 2.05) is 6.26 Å². The molecule has 0 saturated heterocycles. The molecule has 0 amide bonds. The zero-order chi connectivity index (χ0) is 13.2. The topological polar surface area (TPSA) is 66.4 Å². The van der Waals surface area contributed by atoms with Crippen LogP contribution in [0.15, 0.2) is 9.10 Å². The molecule has 2 N–H and O–H groups in total. The van der Waals surface area contributed by atoms with Gasteiger partial charge in [0.15, 0.2) is 9.84 Å². The SMILES string of the molecule is CNc1c(CO)sc(SC)c1S(=O)(=O)C(C)C. The number of thiophene rings is 1. The first-order valence-corrected chi connectivity index (χ1v) is 8.71. The number of nitrogens with one attached hydrogen (secondary N) is 1. The van der Waals surface area contributed by atoms with Gasteiger partial charge in [-0.05, 0) is 20.1 Å². The Morgan fingerprint density at radius 3 is 2.41 bits per heavy atom. The summed E-state index contributed by atoms with van der Waals surface area (Å²) in [5.74, 6) is 0. The second-order valence-electron chi connectivity index (χ2n) is 3.72. The Hall–Kier alpha value is -0.240. The van der Waals surface area contributed by atoms with Gasteiger partial charge in [0.2, 0.25) is 0 Å². The molecule has 4 nitrogen and oxygen atoms in total. The van der Waals surface area contributed by atoms with E-state index >= 15 is 0 Å². The van der Waals surface area contributed by atoms with Crippen molar-refractivity contribution in [1.82, 2.24) is 0 Å². The predicted molar refractivity (Wildman–Crippen MR) is 73.9 cm³/mol. The average Bonchev–Trinajstić information content (AvgIpc) is 2.66. The first-order valence-electron chi connectivity index (χ1n) is 5.12. The number of thioether (sulfide) groups is 1. The van der Waals surface area contributed by atoms with Crippen molar-refractivity contribution in [2.75, 3.05) is 18.6 Å². The number of hydrogen-bond donors (Lipinski definition) is 2. The van der Waals surface area contributed by atoms with Gasteiger partial charge in [-0.2, -0.15) is 0 Å². The number of rotatable bonds is 5. The fourth-order valence-electron chi connectivity index (χ4n) is 1.43. The molecule has 0 spiro atoms. The monoisotopic (exact) mass is 295 g/mol. The van der Waals surface area contributed by atoms with Crippen molar-refractivity contribution in [2.45, 2.75) is 34.8 Å². The molecule has 0 saturated carbocycles. The molecule has 0 bridgehead atoms. The second-order valence-corrected chi connectivity index (χ2v) is 8.34. The summed E-state index contributed by atoms with van der Waals surface area (Å²) < 4.78 is 25.3. The highest BCUT2D eigenvalue weighted by molar-refractivity contribution is 8.01. The van der Waals surface area contributed by atoms with Crippen molar-refractivity contribution in [2.24, 2.45) is 0 Å². The smallest absolute Gasteiger partial charge is 0.184 e. The molecule has 17 heavy (non-hydrogen) atoms. The molecule has 0 radical (unpaired) electrons. The molecule has 0 atom stereocenters. The highest BCUT2D eigenvalue weighted by atomic mass is 32.2. The third-order valence-electron chi connectivity index (χ3n) is 2.39. The maximum Gasteiger partial charge on any atom is 0.184 e. The molecule has 1 heterocycles. The largest absolute Gasteiger partial charge is 0.391 e. The van der Waals surface area contributed by atoms with Gasteiger partial charge >= 0.3 is 0 Å². The minimum absolute atomic E-state index is 0.151. The van der Waals surface area contributed by atoms with Crippen LogP contribution in [-0.2, 0) is 16.4 Å². The molecule has 0 aliphatic heterocycles. The van der Waals surface area contributed by atoms with Crippen LogP contribution < -0.4 is 5.32 Å². The second kappa shape index (κ2) is 5.60. The van der Waals surface area contributed by atoms with Crippen LogP contribution >= 0.6 is 23.1 Å². The Kier molecular flexibility index (Phi) is 4.88. The summed E-state index contributed by atoms with van der Waals surface area (Å²) in [7, 11) is -1.66. The Morgan fingerprint density at radius 2 is 2.06 bits per heavy atom. The van der Waals surface area contributed by atoms with Gasteiger partial charge in [-0.1, -0.05) is 0 Å². The molecule has 7 heteroatoms. The highest BCUT2D eigenvalue weighted by Crippen LogP contribution is 2.43. The van der Waals surface area contributed by atoms with E-state index in [-0.39, 0.29) is 6.61 Å². The summed E-state index contributed by atoms with van der Waals surface area (Å²) in [6.07, 6.45) is 1.84. The van der Waals surface area contributed by atoms with Gasteiger partial charge in [0.05, 0.1) is 26.6 Å². The average molecular weight is 295 g/mol. The number of anilines is 1. The van der Waals surface area contributed by atoms with Crippen LogP contribution in [0.4, 0.5) is 5.69 Å². The first kappa shape index (κ1) is 14.8. The fourth-order valence-corrected chi connectivity index (χ4v) is 5.49.